The van der Waals surface area contributed by atoms with Gasteiger partial charge in [-0.05, 0) is 38.2 Å². The van der Waals surface area contributed by atoms with E-state index >= 15 is 0 Å². The summed E-state index contributed by atoms with van der Waals surface area (Å²) in [5.41, 5.74) is -0.275. The third-order valence-corrected chi connectivity index (χ3v) is 6.85. The highest BCUT2D eigenvalue weighted by molar-refractivity contribution is 7.86. The van der Waals surface area contributed by atoms with E-state index in [1.807, 2.05) is 6.92 Å². The van der Waals surface area contributed by atoms with Gasteiger partial charge in [0.05, 0.1) is 6.20 Å². The summed E-state index contributed by atoms with van der Waals surface area (Å²) in [5.74, 6) is -0.959. The van der Waals surface area contributed by atoms with Crippen molar-refractivity contribution < 1.29 is 18.3 Å². The number of nitrogens with zero attached hydrogens (tertiary/aromatic N) is 4. The summed E-state index contributed by atoms with van der Waals surface area (Å²) in [7, 11) is -3.47. The Labute approximate surface area is 135 Å². The highest BCUT2D eigenvalue weighted by atomic mass is 32.2. The lowest BCUT2D eigenvalue weighted by molar-refractivity contribution is -0.150. The maximum absolute atomic E-state index is 12.6. The van der Waals surface area contributed by atoms with Crippen molar-refractivity contribution in [1.29, 1.82) is 0 Å². The van der Waals surface area contributed by atoms with E-state index in [0.29, 0.717) is 13.1 Å². The minimum Gasteiger partial charge on any atom is -0.479 e. The average molecular weight is 342 g/mol. The van der Waals surface area contributed by atoms with Gasteiger partial charge in [-0.3, -0.25) is 4.68 Å². The van der Waals surface area contributed by atoms with Gasteiger partial charge in [-0.2, -0.15) is 22.1 Å². The number of rotatable bonds is 4. The third-order valence-electron chi connectivity index (χ3n) is 4.82. The van der Waals surface area contributed by atoms with Gasteiger partial charge in [0.25, 0.3) is 10.2 Å². The van der Waals surface area contributed by atoms with Gasteiger partial charge >= 0.3 is 5.97 Å². The molecule has 3 heterocycles. The molecule has 0 atom stereocenters. The molecule has 1 N–H and O–H groups in total. The van der Waals surface area contributed by atoms with Crippen molar-refractivity contribution in [3.63, 3.8) is 0 Å². The zero-order valence-electron chi connectivity index (χ0n) is 13.2. The maximum Gasteiger partial charge on any atom is 0.331 e. The quantitative estimate of drug-likeness (QED) is 0.855. The van der Waals surface area contributed by atoms with Crippen LogP contribution < -0.4 is 0 Å². The van der Waals surface area contributed by atoms with E-state index in [2.05, 4.69) is 5.10 Å². The molecule has 0 amide bonds. The third kappa shape index (κ3) is 2.77. The zero-order valence-corrected chi connectivity index (χ0v) is 14.0. The van der Waals surface area contributed by atoms with E-state index in [4.69, 9.17) is 0 Å². The maximum atomic E-state index is 12.6. The molecule has 0 bridgehead atoms. The first-order valence-corrected chi connectivity index (χ1v) is 9.26. The molecule has 0 aromatic carbocycles. The van der Waals surface area contributed by atoms with Gasteiger partial charge in [0.2, 0.25) is 0 Å². The minimum absolute atomic E-state index is 0.198. The van der Waals surface area contributed by atoms with Crippen molar-refractivity contribution in [1.82, 2.24) is 18.4 Å². The lowest BCUT2D eigenvalue weighted by atomic mass is 9.88. The SMILES string of the molecule is Cc1cnn(C2(C(=O)O)CCN(S(=O)(=O)N3CCCC3)CC2)c1. The molecular formula is C14H22N4O4S. The zero-order chi connectivity index (χ0) is 16.7. The van der Waals surface area contributed by atoms with Gasteiger partial charge in [-0.1, -0.05) is 0 Å². The van der Waals surface area contributed by atoms with E-state index in [1.54, 1.807) is 12.4 Å². The summed E-state index contributed by atoms with van der Waals surface area (Å²) in [6.45, 7) is 3.36. The van der Waals surface area contributed by atoms with Crippen molar-refractivity contribution in [3.05, 3.63) is 18.0 Å². The molecule has 0 unspecified atom stereocenters. The Bertz CT molecular complexity index is 685. The second kappa shape index (κ2) is 5.88. The molecule has 2 aliphatic rings. The Balaban J connectivity index is 1.79. The molecule has 0 radical (unpaired) electrons. The van der Waals surface area contributed by atoms with Crippen LogP contribution >= 0.6 is 0 Å². The predicted molar refractivity (Wildman–Crippen MR) is 83.1 cm³/mol. The number of piperidine rings is 1. The second-order valence-corrected chi connectivity index (χ2v) is 8.24. The second-order valence-electron chi connectivity index (χ2n) is 6.31. The van der Waals surface area contributed by atoms with E-state index in [-0.39, 0.29) is 25.9 Å². The van der Waals surface area contributed by atoms with Gasteiger partial charge < -0.3 is 5.11 Å². The van der Waals surface area contributed by atoms with Crippen LogP contribution in [-0.2, 0) is 20.5 Å². The van der Waals surface area contributed by atoms with E-state index in [9.17, 15) is 18.3 Å². The first-order chi connectivity index (χ1) is 10.9. The van der Waals surface area contributed by atoms with Gasteiger partial charge in [0.1, 0.15) is 0 Å². The summed E-state index contributed by atoms with van der Waals surface area (Å²) < 4.78 is 29.6. The first kappa shape index (κ1) is 16.4. The average Bonchev–Trinajstić information content (AvgIpc) is 3.18. The van der Waals surface area contributed by atoms with Crippen LogP contribution in [0.2, 0.25) is 0 Å². The Hall–Kier alpha value is -1.45. The number of carboxylic acid groups (broad SMARTS) is 1. The summed E-state index contributed by atoms with van der Waals surface area (Å²) in [5, 5.41) is 13.9. The standard InChI is InChI=1S/C14H22N4O4S/c1-12-10-15-18(11-12)14(13(19)20)4-8-17(9-5-14)23(21,22)16-6-2-3-7-16/h10-11H,2-9H2,1H3,(H,19,20). The van der Waals surface area contributed by atoms with Crippen LogP contribution in [0.25, 0.3) is 0 Å². The van der Waals surface area contributed by atoms with Crippen molar-refractivity contribution in [2.75, 3.05) is 26.2 Å². The van der Waals surface area contributed by atoms with Gasteiger partial charge in [-0.15, -0.1) is 0 Å². The molecule has 1 aromatic heterocycles. The smallest absolute Gasteiger partial charge is 0.331 e. The van der Waals surface area contributed by atoms with Crippen LogP contribution in [0.5, 0.6) is 0 Å². The number of aromatic nitrogens is 2. The van der Waals surface area contributed by atoms with Gasteiger partial charge in [-0.25, -0.2) is 4.79 Å². The number of carboxylic acids is 1. The Morgan fingerprint density at radius 3 is 2.22 bits per heavy atom. The van der Waals surface area contributed by atoms with Crippen LogP contribution in [0.1, 0.15) is 31.2 Å². The molecule has 0 spiro atoms. The van der Waals surface area contributed by atoms with Crippen LogP contribution in [0.15, 0.2) is 12.4 Å². The Morgan fingerprint density at radius 1 is 1.17 bits per heavy atom. The summed E-state index contributed by atoms with van der Waals surface area (Å²) in [6, 6.07) is 0. The Kier molecular flexibility index (Phi) is 4.19. The topological polar surface area (TPSA) is 95.7 Å². The molecule has 8 nitrogen and oxygen atoms in total. The first-order valence-electron chi connectivity index (χ1n) is 7.87. The summed E-state index contributed by atoms with van der Waals surface area (Å²) in [6.07, 6.45) is 5.54. The normalized spacial score (nSPS) is 23.2. The summed E-state index contributed by atoms with van der Waals surface area (Å²) in [4.78, 5) is 11.9. The minimum atomic E-state index is -3.47. The van der Waals surface area contributed by atoms with E-state index in [1.165, 1.54) is 13.3 Å². The number of aryl methyl sites for hydroxylation is 1. The van der Waals surface area contributed by atoms with Gasteiger partial charge in [0, 0.05) is 32.4 Å². The molecule has 2 saturated heterocycles. The number of hydrogen-bond acceptors (Lipinski definition) is 4. The van der Waals surface area contributed by atoms with Crippen molar-refractivity contribution >= 4 is 16.2 Å². The summed E-state index contributed by atoms with van der Waals surface area (Å²) >= 11 is 0. The molecule has 1 aromatic rings. The Morgan fingerprint density at radius 2 is 1.74 bits per heavy atom. The monoisotopic (exact) mass is 342 g/mol. The number of carbonyl (C=O) groups is 1. The van der Waals surface area contributed by atoms with E-state index < -0.39 is 21.7 Å². The van der Waals surface area contributed by atoms with Crippen molar-refractivity contribution in [2.24, 2.45) is 0 Å². The fourth-order valence-corrected chi connectivity index (χ4v) is 5.05. The van der Waals surface area contributed by atoms with Crippen molar-refractivity contribution in [2.45, 2.75) is 38.1 Å². The lowest BCUT2D eigenvalue weighted by Crippen LogP contribution is -2.54. The highest BCUT2D eigenvalue weighted by Gasteiger charge is 2.47. The predicted octanol–water partition coefficient (Wildman–Crippen LogP) is 0.408. The lowest BCUT2D eigenvalue weighted by Gasteiger charge is -2.39. The molecule has 3 rings (SSSR count). The number of aliphatic carboxylic acids is 1. The molecule has 0 aliphatic carbocycles. The number of hydrogen-bond donors (Lipinski definition) is 1. The highest BCUT2D eigenvalue weighted by Crippen LogP contribution is 2.32. The molecule has 2 aliphatic heterocycles. The van der Waals surface area contributed by atoms with Crippen LogP contribution in [0.3, 0.4) is 0 Å². The molecule has 9 heteroatoms. The molecule has 128 valence electrons. The van der Waals surface area contributed by atoms with Crippen LogP contribution in [0.4, 0.5) is 0 Å². The van der Waals surface area contributed by atoms with E-state index in [0.717, 1.165) is 18.4 Å². The largest absolute Gasteiger partial charge is 0.479 e. The molecule has 2 fully saturated rings. The van der Waals surface area contributed by atoms with Crippen molar-refractivity contribution in [3.8, 4) is 0 Å². The fourth-order valence-electron chi connectivity index (χ4n) is 3.36. The van der Waals surface area contributed by atoms with Crippen LogP contribution in [0, 0.1) is 6.92 Å². The molecular weight excluding hydrogens is 320 g/mol. The van der Waals surface area contributed by atoms with Crippen LogP contribution in [-0.4, -0.2) is 64.1 Å². The fraction of sp³-hybridized carbons (Fsp3) is 0.714. The molecule has 0 saturated carbocycles. The molecule has 23 heavy (non-hydrogen) atoms. The van der Waals surface area contributed by atoms with Gasteiger partial charge in [0.15, 0.2) is 5.54 Å².